The normalized spacial score (nSPS) is 12.3. The maximum Gasteiger partial charge on any atom is 0.289 e. The Morgan fingerprint density at radius 1 is 1.58 bits per heavy atom. The molecule has 0 saturated heterocycles. The first kappa shape index (κ1) is 9.82. The van der Waals surface area contributed by atoms with Crippen molar-refractivity contribution in [2.75, 3.05) is 0 Å². The topological polar surface area (TPSA) is 47.0 Å². The summed E-state index contributed by atoms with van der Waals surface area (Å²) in [7, 11) is 0.954. The highest BCUT2D eigenvalue weighted by atomic mass is 35.7. The fourth-order valence-electron chi connectivity index (χ4n) is 0.486. The Morgan fingerprint density at radius 3 is 2.42 bits per heavy atom. The van der Waals surface area contributed by atoms with Crippen molar-refractivity contribution < 1.29 is 17.2 Å². The second-order valence-electron chi connectivity index (χ2n) is 1.76. The maximum absolute atomic E-state index is 11.9. The highest BCUT2D eigenvalue weighted by Crippen LogP contribution is 2.28. The van der Waals surface area contributed by atoms with Gasteiger partial charge in [-0.3, -0.25) is 0 Å². The lowest BCUT2D eigenvalue weighted by molar-refractivity contribution is 0.151. The van der Waals surface area contributed by atoms with Gasteiger partial charge >= 0.3 is 0 Å². The molecular weight excluding hydrogens is 232 g/mol. The highest BCUT2D eigenvalue weighted by Gasteiger charge is 2.18. The van der Waals surface area contributed by atoms with E-state index in [1.807, 2.05) is 0 Å². The van der Waals surface area contributed by atoms with E-state index in [1.54, 1.807) is 0 Å². The van der Waals surface area contributed by atoms with Crippen LogP contribution in [0.1, 0.15) is 11.4 Å². The van der Waals surface area contributed by atoms with Crippen LogP contribution in [0.4, 0.5) is 8.78 Å². The summed E-state index contributed by atoms with van der Waals surface area (Å²) in [5, 5.41) is -0.547. The van der Waals surface area contributed by atoms with E-state index in [4.69, 9.17) is 10.7 Å². The summed E-state index contributed by atoms with van der Waals surface area (Å²) >= 11 is 0.367. The molecule has 0 aliphatic heterocycles. The molecule has 1 aromatic heterocycles. The van der Waals surface area contributed by atoms with Crippen LogP contribution in [0, 0.1) is 0 Å². The predicted molar refractivity (Wildman–Crippen MR) is 40.1 cm³/mol. The molecular formula is C4H2ClF2NO2S2. The van der Waals surface area contributed by atoms with E-state index in [2.05, 4.69) is 4.98 Å². The van der Waals surface area contributed by atoms with Gasteiger partial charge in [0.2, 0.25) is 0 Å². The number of alkyl halides is 2. The van der Waals surface area contributed by atoms with Gasteiger partial charge in [0.25, 0.3) is 15.5 Å². The van der Waals surface area contributed by atoms with Gasteiger partial charge in [0, 0.05) is 10.7 Å². The molecule has 1 rings (SSSR count). The third-order valence-electron chi connectivity index (χ3n) is 0.929. The van der Waals surface area contributed by atoms with Gasteiger partial charge in [-0.1, -0.05) is 0 Å². The average molecular weight is 234 g/mol. The molecule has 1 aromatic rings. The van der Waals surface area contributed by atoms with Crippen molar-refractivity contribution in [1.82, 2.24) is 4.98 Å². The molecule has 0 radical (unpaired) electrons. The molecule has 0 spiro atoms. The van der Waals surface area contributed by atoms with Crippen LogP contribution in [0.25, 0.3) is 0 Å². The molecule has 0 aliphatic carbocycles. The zero-order chi connectivity index (χ0) is 9.35. The molecule has 3 nitrogen and oxygen atoms in total. The monoisotopic (exact) mass is 233 g/mol. The molecule has 0 atom stereocenters. The molecule has 0 amide bonds. The summed E-state index contributed by atoms with van der Waals surface area (Å²) < 4.78 is 44.5. The fraction of sp³-hybridized carbons (Fsp3) is 0.250. The van der Waals surface area contributed by atoms with Gasteiger partial charge in [-0.15, -0.1) is 11.3 Å². The van der Waals surface area contributed by atoms with E-state index in [-0.39, 0.29) is 4.21 Å². The third-order valence-corrected chi connectivity index (χ3v) is 4.00. The fourth-order valence-corrected chi connectivity index (χ4v) is 2.23. The summed E-state index contributed by atoms with van der Waals surface area (Å²) in [6, 6.07) is 0. The largest absolute Gasteiger partial charge is 0.289 e. The Morgan fingerprint density at radius 2 is 2.17 bits per heavy atom. The Bertz CT molecular complexity index is 374. The first-order valence-corrected chi connectivity index (χ1v) is 5.72. The van der Waals surface area contributed by atoms with Crippen molar-refractivity contribution in [2.45, 2.75) is 10.6 Å². The van der Waals surface area contributed by atoms with Crippen LogP contribution < -0.4 is 0 Å². The van der Waals surface area contributed by atoms with Crippen molar-refractivity contribution in [2.24, 2.45) is 0 Å². The predicted octanol–water partition coefficient (Wildman–Crippen LogP) is 2.01. The second kappa shape index (κ2) is 3.23. The van der Waals surface area contributed by atoms with Gasteiger partial charge < -0.3 is 0 Å². The summed E-state index contributed by atoms with van der Waals surface area (Å²) in [5.41, 5.74) is 0. The van der Waals surface area contributed by atoms with Crippen molar-refractivity contribution in [3.63, 3.8) is 0 Å². The minimum Gasteiger partial charge on any atom is -0.242 e. The van der Waals surface area contributed by atoms with E-state index in [0.29, 0.717) is 11.3 Å². The van der Waals surface area contributed by atoms with E-state index >= 15 is 0 Å². The highest BCUT2D eigenvalue weighted by molar-refractivity contribution is 8.15. The van der Waals surface area contributed by atoms with Gasteiger partial charge in [0.05, 0.1) is 6.20 Å². The lowest BCUT2D eigenvalue weighted by Crippen LogP contribution is -1.83. The van der Waals surface area contributed by atoms with Gasteiger partial charge in [0.15, 0.2) is 9.22 Å². The van der Waals surface area contributed by atoms with E-state index in [0.717, 1.165) is 6.20 Å². The van der Waals surface area contributed by atoms with Crippen LogP contribution in [0.3, 0.4) is 0 Å². The van der Waals surface area contributed by atoms with Crippen molar-refractivity contribution in [1.29, 1.82) is 0 Å². The summed E-state index contributed by atoms with van der Waals surface area (Å²) in [6.07, 6.45) is -1.95. The summed E-state index contributed by atoms with van der Waals surface area (Å²) in [6.45, 7) is 0. The molecule has 12 heavy (non-hydrogen) atoms. The molecule has 0 saturated carbocycles. The Labute approximate surface area is 75.4 Å². The number of rotatable bonds is 2. The van der Waals surface area contributed by atoms with Gasteiger partial charge in [-0.25, -0.2) is 22.2 Å². The zero-order valence-corrected chi connectivity index (χ0v) is 7.76. The second-order valence-corrected chi connectivity index (χ2v) is 5.61. The van der Waals surface area contributed by atoms with Gasteiger partial charge in [0.1, 0.15) is 0 Å². The molecule has 8 heteroatoms. The molecule has 0 bridgehead atoms. The zero-order valence-electron chi connectivity index (χ0n) is 5.37. The molecule has 0 fully saturated rings. The van der Waals surface area contributed by atoms with E-state index < -0.39 is 20.5 Å². The van der Waals surface area contributed by atoms with Crippen molar-refractivity contribution in [3.05, 3.63) is 11.2 Å². The van der Waals surface area contributed by atoms with E-state index in [9.17, 15) is 17.2 Å². The Balaban J connectivity index is 3.09. The van der Waals surface area contributed by atoms with Crippen LogP contribution in [0.5, 0.6) is 0 Å². The lowest BCUT2D eigenvalue weighted by atomic mass is 10.7. The van der Waals surface area contributed by atoms with Crippen LogP contribution >= 0.6 is 22.0 Å². The number of nitrogens with zero attached hydrogens (tertiary/aromatic N) is 1. The lowest BCUT2D eigenvalue weighted by Gasteiger charge is -1.87. The molecule has 68 valence electrons. The first-order chi connectivity index (χ1) is 5.41. The number of halogens is 3. The molecule has 1 heterocycles. The van der Waals surface area contributed by atoms with Crippen molar-refractivity contribution in [3.8, 4) is 0 Å². The Kier molecular flexibility index (Phi) is 2.64. The minimum atomic E-state index is -3.92. The Hall–Kier alpha value is -0.270. The minimum absolute atomic E-state index is 0.362. The number of thiazole rings is 1. The quantitative estimate of drug-likeness (QED) is 0.734. The maximum atomic E-state index is 11.9. The van der Waals surface area contributed by atoms with Gasteiger partial charge in [-0.2, -0.15) is 0 Å². The van der Waals surface area contributed by atoms with E-state index in [1.165, 1.54) is 0 Å². The number of aromatic nitrogens is 1. The summed E-state index contributed by atoms with van der Waals surface area (Å²) in [4.78, 5) is 3.19. The van der Waals surface area contributed by atoms with Crippen LogP contribution in [-0.2, 0) is 9.05 Å². The molecule has 0 aliphatic rings. The summed E-state index contributed by atoms with van der Waals surface area (Å²) in [5.74, 6) is 0. The van der Waals surface area contributed by atoms with Crippen LogP contribution in [-0.4, -0.2) is 13.4 Å². The molecule has 0 aromatic carbocycles. The van der Waals surface area contributed by atoms with Crippen molar-refractivity contribution >= 4 is 31.1 Å². The van der Waals surface area contributed by atoms with Crippen LogP contribution in [0.15, 0.2) is 10.4 Å². The molecule has 0 N–H and O–H groups in total. The smallest absolute Gasteiger partial charge is 0.242 e. The number of hydrogen-bond acceptors (Lipinski definition) is 4. The van der Waals surface area contributed by atoms with Gasteiger partial charge in [-0.05, 0) is 0 Å². The standard InChI is InChI=1S/C4H2ClF2NO2S2/c5-12(9,10)2-1-8-4(11-2)3(6)7/h1,3H. The molecule has 0 unspecified atom stereocenters. The number of hydrogen-bond donors (Lipinski definition) is 0. The SMILES string of the molecule is O=S(=O)(Cl)c1cnc(C(F)F)s1. The average Bonchev–Trinajstić information content (AvgIpc) is 2.30. The third kappa shape index (κ3) is 2.11. The van der Waals surface area contributed by atoms with Crippen LogP contribution in [0.2, 0.25) is 0 Å². The first-order valence-electron chi connectivity index (χ1n) is 2.60.